The maximum atomic E-state index is 2.21. The minimum Gasteiger partial charge on any atom is -0.0776 e. The highest BCUT2D eigenvalue weighted by Gasteiger charge is 2.07. The summed E-state index contributed by atoms with van der Waals surface area (Å²) in [5.74, 6) is 0. The van der Waals surface area contributed by atoms with Gasteiger partial charge in [0.2, 0.25) is 0 Å². The minimum atomic E-state index is 0. The molecule has 0 spiro atoms. The number of hydrogen-bond acceptors (Lipinski definition) is 0. The first-order valence-corrected chi connectivity index (χ1v) is 6.50. The Morgan fingerprint density at radius 1 is 0.353 bits per heavy atom. The van der Waals surface area contributed by atoms with Gasteiger partial charge in [-0.25, -0.2) is 0 Å². The van der Waals surface area contributed by atoms with Gasteiger partial charge in [-0.1, -0.05) is 35.1 Å². The minimum absolute atomic E-state index is 0. The van der Waals surface area contributed by atoms with Gasteiger partial charge in [-0.3, -0.25) is 0 Å². The van der Waals surface area contributed by atoms with Crippen molar-refractivity contribution in [1.29, 1.82) is 0 Å². The Bertz CT molecular complexity index is 214. The molecule has 0 N–H and O–H groups in total. The van der Waals surface area contributed by atoms with Crippen LogP contribution in [0.5, 0.6) is 0 Å². The van der Waals surface area contributed by atoms with E-state index in [0.717, 1.165) is 0 Å². The first-order valence-electron chi connectivity index (χ1n) is 6.50. The maximum absolute atomic E-state index is 2.21. The van der Waals surface area contributed by atoms with Crippen molar-refractivity contribution in [2.45, 2.75) is 76.7 Å². The molecule has 0 bridgehead atoms. The largest absolute Gasteiger partial charge is 0.0776 e. The molecule has 0 unspecified atom stereocenters. The zero-order valence-corrected chi connectivity index (χ0v) is 13.0. The van der Waals surface area contributed by atoms with Gasteiger partial charge < -0.3 is 0 Å². The lowest BCUT2D eigenvalue weighted by molar-refractivity contribution is 1.13. The van der Waals surface area contributed by atoms with E-state index in [9.17, 15) is 0 Å². The molecule has 17 heavy (non-hydrogen) atoms. The van der Waals surface area contributed by atoms with Crippen molar-refractivity contribution in [2.75, 3.05) is 0 Å². The second-order valence-electron chi connectivity index (χ2n) is 3.75. The average Bonchev–Trinajstić information content (AvgIpc) is 2.36. The summed E-state index contributed by atoms with van der Waals surface area (Å²) in [6.45, 7) is 21.3. The molecule has 1 rings (SSSR count). The third-order valence-electron chi connectivity index (χ3n) is 3.38. The fraction of sp³-hybridized carbons (Fsp3) is 0.647. The molecule has 0 heteroatoms. The summed E-state index contributed by atoms with van der Waals surface area (Å²) in [7, 11) is 0. The van der Waals surface area contributed by atoms with E-state index in [0.29, 0.717) is 0 Å². The van der Waals surface area contributed by atoms with Crippen LogP contribution in [0.2, 0.25) is 0 Å². The van der Waals surface area contributed by atoms with Crippen LogP contribution in [0.3, 0.4) is 0 Å². The molecule has 0 nitrogen and oxygen atoms in total. The summed E-state index contributed by atoms with van der Waals surface area (Å²) in [5, 5.41) is 0. The normalized spacial score (nSPS) is 8.12. The third-order valence-corrected chi connectivity index (χ3v) is 3.38. The van der Waals surface area contributed by atoms with Crippen LogP contribution in [0.25, 0.3) is 0 Å². The molecule has 102 valence electrons. The molecule has 0 aliphatic rings. The molecule has 0 aliphatic carbocycles. The zero-order valence-electron chi connectivity index (χ0n) is 13.0. The Labute approximate surface area is 110 Å². The summed E-state index contributed by atoms with van der Waals surface area (Å²) in [5.41, 5.74) is 8.73. The Kier molecular flexibility index (Phi) is 13.1. The molecule has 0 amide bonds. The van der Waals surface area contributed by atoms with Crippen LogP contribution in [-0.2, 0) is 0 Å². The summed E-state index contributed by atoms with van der Waals surface area (Å²) >= 11 is 0. The molecule has 0 saturated carbocycles. The molecule has 0 aromatic heterocycles. The maximum Gasteiger partial charge on any atom is -0.0392 e. The van der Waals surface area contributed by atoms with E-state index in [4.69, 9.17) is 0 Å². The van der Waals surface area contributed by atoms with Crippen molar-refractivity contribution in [2.24, 2.45) is 0 Å². The van der Waals surface area contributed by atoms with Crippen LogP contribution < -0.4 is 0 Å². The second-order valence-corrected chi connectivity index (χ2v) is 3.75. The van der Waals surface area contributed by atoms with E-state index < -0.39 is 0 Å². The number of rotatable bonds is 0. The zero-order chi connectivity index (χ0) is 13.5. The number of benzene rings is 1. The number of hydrogen-bond donors (Lipinski definition) is 0. The van der Waals surface area contributed by atoms with E-state index in [1.807, 2.05) is 27.7 Å². The lowest BCUT2D eigenvalue weighted by Crippen LogP contribution is -1.98. The van der Waals surface area contributed by atoms with Gasteiger partial charge in [-0.2, -0.15) is 0 Å². The summed E-state index contributed by atoms with van der Waals surface area (Å²) < 4.78 is 0. The smallest absolute Gasteiger partial charge is 0.0392 e. The van der Waals surface area contributed by atoms with Crippen molar-refractivity contribution in [3.8, 4) is 0 Å². The van der Waals surface area contributed by atoms with Crippen LogP contribution in [-0.4, -0.2) is 0 Å². The van der Waals surface area contributed by atoms with Crippen molar-refractivity contribution < 1.29 is 0 Å². The average molecular weight is 238 g/mol. The highest BCUT2D eigenvalue weighted by Crippen LogP contribution is 2.24. The Balaban J connectivity index is -0.000000355. The van der Waals surface area contributed by atoms with Crippen LogP contribution >= 0.6 is 0 Å². The quantitative estimate of drug-likeness (QED) is 0.503. The van der Waals surface area contributed by atoms with E-state index in [1.165, 1.54) is 33.4 Å². The Morgan fingerprint density at radius 3 is 0.471 bits per heavy atom. The molecular weight excluding hydrogens is 204 g/mol. The van der Waals surface area contributed by atoms with Gasteiger partial charge in [0, 0.05) is 0 Å². The van der Waals surface area contributed by atoms with Gasteiger partial charge >= 0.3 is 0 Å². The van der Waals surface area contributed by atoms with Crippen molar-refractivity contribution >= 4 is 0 Å². The van der Waals surface area contributed by atoms with Crippen LogP contribution in [0, 0.1) is 41.5 Å². The van der Waals surface area contributed by atoms with E-state index in [1.54, 1.807) is 0 Å². The highest BCUT2D eigenvalue weighted by atomic mass is 14.1. The van der Waals surface area contributed by atoms with Gasteiger partial charge in [0.25, 0.3) is 0 Å². The molecule has 1 aromatic carbocycles. The fourth-order valence-corrected chi connectivity index (χ4v) is 1.69. The van der Waals surface area contributed by atoms with Gasteiger partial charge in [0.15, 0.2) is 0 Å². The van der Waals surface area contributed by atoms with Gasteiger partial charge in [-0.15, -0.1) is 0 Å². The standard InChI is InChI=1S/C12H18.2C2H6.CH4/c1-7-8(2)10(4)12(6)11(5)9(7)3;2*1-2;/h1-6H3;2*1-2H3;1H4. The Morgan fingerprint density at radius 2 is 0.412 bits per heavy atom. The molecule has 0 atom stereocenters. The molecule has 0 fully saturated rings. The molecule has 0 aliphatic heterocycles. The Hall–Kier alpha value is -0.780. The molecule has 0 saturated heterocycles. The predicted molar refractivity (Wildman–Crippen MR) is 84.3 cm³/mol. The first kappa shape index (κ1) is 21.5. The second kappa shape index (κ2) is 10.4. The van der Waals surface area contributed by atoms with Crippen LogP contribution in [0.15, 0.2) is 0 Å². The lowest BCUT2D eigenvalue weighted by atomic mass is 9.90. The van der Waals surface area contributed by atoms with E-state index in [-0.39, 0.29) is 7.43 Å². The predicted octanol–water partition coefficient (Wildman–Crippen LogP) is 6.23. The van der Waals surface area contributed by atoms with E-state index >= 15 is 0 Å². The molecule has 0 heterocycles. The van der Waals surface area contributed by atoms with Crippen molar-refractivity contribution in [3.05, 3.63) is 33.4 Å². The monoisotopic (exact) mass is 238 g/mol. The first-order chi connectivity index (χ1) is 7.46. The highest BCUT2D eigenvalue weighted by molar-refractivity contribution is 5.48. The van der Waals surface area contributed by atoms with Gasteiger partial charge in [0.1, 0.15) is 0 Å². The summed E-state index contributed by atoms with van der Waals surface area (Å²) in [6, 6.07) is 0. The summed E-state index contributed by atoms with van der Waals surface area (Å²) in [4.78, 5) is 0. The van der Waals surface area contributed by atoms with E-state index in [2.05, 4.69) is 41.5 Å². The van der Waals surface area contributed by atoms with Gasteiger partial charge in [-0.05, 0) is 74.9 Å². The fourth-order valence-electron chi connectivity index (χ4n) is 1.69. The van der Waals surface area contributed by atoms with Crippen molar-refractivity contribution in [3.63, 3.8) is 0 Å². The topological polar surface area (TPSA) is 0 Å². The third kappa shape index (κ3) is 4.93. The lowest BCUT2D eigenvalue weighted by Gasteiger charge is -2.15. The molecule has 1 aromatic rings. The molecular formula is C17H34. The van der Waals surface area contributed by atoms with Crippen LogP contribution in [0.1, 0.15) is 68.5 Å². The summed E-state index contributed by atoms with van der Waals surface area (Å²) in [6.07, 6.45) is 0. The molecule has 0 radical (unpaired) electrons. The van der Waals surface area contributed by atoms with Gasteiger partial charge in [0.05, 0.1) is 0 Å². The van der Waals surface area contributed by atoms with Crippen molar-refractivity contribution in [1.82, 2.24) is 0 Å². The SMILES string of the molecule is C.CC.CC.Cc1c(C)c(C)c(C)c(C)c1C. The van der Waals surface area contributed by atoms with Crippen LogP contribution in [0.4, 0.5) is 0 Å².